The highest BCUT2D eigenvalue weighted by Crippen LogP contribution is 2.12. The number of thiocarbonyl (C=S) groups is 1. The Morgan fingerprint density at radius 1 is 1.47 bits per heavy atom. The maximum Gasteiger partial charge on any atom is 0.138 e. The molecule has 1 aromatic carbocycles. The molecule has 2 nitrogen and oxygen atoms in total. The first-order valence-electron chi connectivity index (χ1n) is 4.42. The van der Waals surface area contributed by atoms with Crippen molar-refractivity contribution in [2.75, 3.05) is 6.61 Å². The van der Waals surface area contributed by atoms with Crippen molar-refractivity contribution in [3.05, 3.63) is 47.8 Å². The molecule has 0 atom stereocenters. The Kier molecular flexibility index (Phi) is 4.52. The van der Waals surface area contributed by atoms with Gasteiger partial charge in [0.2, 0.25) is 0 Å². The van der Waals surface area contributed by atoms with Crippen LogP contribution in [0.5, 0.6) is 5.75 Å². The van der Waals surface area contributed by atoms with E-state index in [1.165, 1.54) is 5.56 Å². The van der Waals surface area contributed by atoms with Crippen molar-refractivity contribution in [3.8, 4) is 5.75 Å². The molecule has 0 aliphatic heterocycles. The van der Waals surface area contributed by atoms with E-state index in [4.69, 9.17) is 4.74 Å². The van der Waals surface area contributed by atoms with Crippen molar-refractivity contribution >= 4 is 17.4 Å². The summed E-state index contributed by atoms with van der Waals surface area (Å²) < 4.78 is 5.45. The highest BCUT2D eigenvalue weighted by Gasteiger charge is 1.95. The Labute approximate surface area is 94.6 Å². The molecule has 0 heterocycles. The van der Waals surface area contributed by atoms with Gasteiger partial charge in [0, 0.05) is 0 Å². The molecule has 0 aliphatic rings. The second kappa shape index (κ2) is 5.94. The van der Waals surface area contributed by atoms with Gasteiger partial charge in [-0.3, -0.25) is 0 Å². The highest BCUT2D eigenvalue weighted by molar-refractivity contribution is 7.78. The number of ether oxygens (including phenoxy) is 1. The van der Waals surface area contributed by atoms with Crippen LogP contribution in [0.2, 0.25) is 0 Å². The van der Waals surface area contributed by atoms with E-state index in [1.54, 1.807) is 0 Å². The number of nitrogens with zero attached hydrogens (tertiary/aromatic N) is 1. The molecule has 0 saturated carbocycles. The average molecular weight is 217 g/mol. The topological polar surface area (TPSA) is 21.6 Å². The molecular weight excluding hydrogens is 206 g/mol. The predicted molar refractivity (Wildman–Crippen MR) is 64.4 cm³/mol. The SMILES string of the molecule is C=C=C(COc1ccc(C)cc1)N=C=S. The van der Waals surface area contributed by atoms with Gasteiger partial charge in [-0.1, -0.05) is 24.3 Å². The van der Waals surface area contributed by atoms with Crippen LogP contribution in [0.3, 0.4) is 0 Å². The number of benzene rings is 1. The van der Waals surface area contributed by atoms with Gasteiger partial charge in [-0.05, 0) is 31.3 Å². The lowest BCUT2D eigenvalue weighted by atomic mass is 10.2. The predicted octanol–water partition coefficient (Wildman–Crippen LogP) is 3.15. The zero-order valence-corrected chi connectivity index (χ0v) is 9.30. The van der Waals surface area contributed by atoms with Crippen LogP contribution in [-0.2, 0) is 0 Å². The van der Waals surface area contributed by atoms with E-state index in [-0.39, 0.29) is 0 Å². The third kappa shape index (κ3) is 3.92. The van der Waals surface area contributed by atoms with Crippen LogP contribution in [0.15, 0.2) is 47.3 Å². The number of aryl methyl sites for hydroxylation is 1. The lowest BCUT2D eigenvalue weighted by molar-refractivity contribution is 0.351. The fourth-order valence-corrected chi connectivity index (χ4v) is 1.07. The molecular formula is C12H11NOS. The Balaban J connectivity index is 2.60. The number of isothiocyanates is 1. The summed E-state index contributed by atoms with van der Waals surface area (Å²) in [6.07, 6.45) is 0. The maximum atomic E-state index is 5.45. The molecule has 3 heteroatoms. The zero-order valence-electron chi connectivity index (χ0n) is 8.49. The number of hydrogen-bond acceptors (Lipinski definition) is 3. The highest BCUT2D eigenvalue weighted by atomic mass is 32.1. The second-order valence-electron chi connectivity index (χ2n) is 2.93. The molecule has 0 N–H and O–H groups in total. The van der Waals surface area contributed by atoms with Crippen LogP contribution in [0.25, 0.3) is 0 Å². The fraction of sp³-hybridized carbons (Fsp3) is 0.167. The molecule has 0 fully saturated rings. The van der Waals surface area contributed by atoms with E-state index < -0.39 is 0 Å². The summed E-state index contributed by atoms with van der Waals surface area (Å²) in [6, 6.07) is 7.76. The standard InChI is InChI=1S/C12H11NOS/c1-3-11(13-9-15)8-14-12-6-4-10(2)5-7-12/h4-7H,1,8H2,2H3. The molecule has 1 rings (SSSR count). The third-order valence-electron chi connectivity index (χ3n) is 1.78. The smallest absolute Gasteiger partial charge is 0.138 e. The Bertz CT molecular complexity index is 423. The minimum absolute atomic E-state index is 0.302. The van der Waals surface area contributed by atoms with Gasteiger partial charge in [-0.25, -0.2) is 0 Å². The monoisotopic (exact) mass is 217 g/mol. The molecule has 0 amide bonds. The molecule has 0 radical (unpaired) electrons. The van der Waals surface area contributed by atoms with E-state index in [9.17, 15) is 0 Å². The number of aliphatic imine (C=N–C) groups is 1. The molecule has 0 bridgehead atoms. The van der Waals surface area contributed by atoms with Crippen LogP contribution >= 0.6 is 12.2 Å². The van der Waals surface area contributed by atoms with E-state index in [0.29, 0.717) is 12.3 Å². The summed E-state index contributed by atoms with van der Waals surface area (Å²) in [5.74, 6) is 0.785. The first-order chi connectivity index (χ1) is 7.26. The van der Waals surface area contributed by atoms with Gasteiger partial charge in [0.25, 0.3) is 0 Å². The van der Waals surface area contributed by atoms with Gasteiger partial charge in [-0.2, -0.15) is 4.99 Å². The van der Waals surface area contributed by atoms with E-state index in [0.717, 1.165) is 5.75 Å². The summed E-state index contributed by atoms with van der Waals surface area (Å²) in [6.45, 7) is 5.81. The van der Waals surface area contributed by atoms with Gasteiger partial charge >= 0.3 is 0 Å². The minimum Gasteiger partial charge on any atom is -0.487 e. The molecule has 1 aromatic rings. The van der Waals surface area contributed by atoms with Gasteiger partial charge in [-0.15, -0.1) is 5.73 Å². The average Bonchev–Trinajstić information content (AvgIpc) is 2.26. The van der Waals surface area contributed by atoms with Crippen LogP contribution in [0, 0.1) is 6.92 Å². The first-order valence-corrected chi connectivity index (χ1v) is 4.83. The van der Waals surface area contributed by atoms with Gasteiger partial charge in [0.15, 0.2) is 0 Å². The van der Waals surface area contributed by atoms with E-state index >= 15 is 0 Å². The van der Waals surface area contributed by atoms with Gasteiger partial charge < -0.3 is 4.74 Å². The van der Waals surface area contributed by atoms with E-state index in [1.807, 2.05) is 31.2 Å². The molecule has 15 heavy (non-hydrogen) atoms. The molecule has 0 aliphatic carbocycles. The summed E-state index contributed by atoms with van der Waals surface area (Å²) in [7, 11) is 0. The summed E-state index contributed by atoms with van der Waals surface area (Å²) >= 11 is 4.48. The van der Waals surface area contributed by atoms with Crippen LogP contribution in [-0.4, -0.2) is 11.8 Å². The molecule has 0 saturated heterocycles. The van der Waals surface area contributed by atoms with E-state index in [2.05, 4.69) is 34.7 Å². The first kappa shape index (κ1) is 11.4. The maximum absolute atomic E-state index is 5.45. The summed E-state index contributed by atoms with van der Waals surface area (Å²) in [5, 5.41) is 2.25. The molecule has 0 unspecified atom stereocenters. The van der Waals surface area contributed by atoms with Gasteiger partial charge in [0.1, 0.15) is 18.1 Å². The normalized spacial score (nSPS) is 8.60. The lowest BCUT2D eigenvalue weighted by Crippen LogP contribution is -1.98. The number of hydrogen-bond donors (Lipinski definition) is 0. The summed E-state index contributed by atoms with van der Waals surface area (Å²) in [5.41, 5.74) is 4.37. The Hall–Kier alpha value is -1.66. The lowest BCUT2D eigenvalue weighted by Gasteiger charge is -2.04. The van der Waals surface area contributed by atoms with Crippen molar-refractivity contribution in [3.63, 3.8) is 0 Å². The summed E-state index contributed by atoms with van der Waals surface area (Å²) in [4.78, 5) is 3.76. The van der Waals surface area contributed by atoms with Crippen molar-refractivity contribution in [2.45, 2.75) is 6.92 Å². The van der Waals surface area contributed by atoms with Crippen molar-refractivity contribution in [1.82, 2.24) is 0 Å². The van der Waals surface area contributed by atoms with Crippen molar-refractivity contribution in [1.29, 1.82) is 0 Å². The van der Waals surface area contributed by atoms with Crippen molar-refractivity contribution in [2.24, 2.45) is 4.99 Å². The van der Waals surface area contributed by atoms with Crippen molar-refractivity contribution < 1.29 is 4.74 Å². The molecule has 76 valence electrons. The van der Waals surface area contributed by atoms with Gasteiger partial charge in [0.05, 0.1) is 5.16 Å². The Morgan fingerprint density at radius 2 is 2.13 bits per heavy atom. The quantitative estimate of drug-likeness (QED) is 0.439. The van der Waals surface area contributed by atoms with Crippen LogP contribution in [0.1, 0.15) is 5.56 Å². The fourth-order valence-electron chi connectivity index (χ4n) is 0.964. The van der Waals surface area contributed by atoms with Crippen LogP contribution in [0.4, 0.5) is 0 Å². The zero-order chi connectivity index (χ0) is 11.1. The third-order valence-corrected chi connectivity index (χ3v) is 1.87. The molecule has 0 aromatic heterocycles. The second-order valence-corrected chi connectivity index (χ2v) is 3.11. The largest absolute Gasteiger partial charge is 0.487 e. The Morgan fingerprint density at radius 3 is 2.67 bits per heavy atom. The molecule has 0 spiro atoms. The number of rotatable bonds is 4. The van der Waals surface area contributed by atoms with Crippen LogP contribution < -0.4 is 4.74 Å². The minimum atomic E-state index is 0.302.